The van der Waals surface area contributed by atoms with Crippen LogP contribution in [0.1, 0.15) is 49.7 Å². The van der Waals surface area contributed by atoms with Crippen molar-refractivity contribution in [3.63, 3.8) is 0 Å². The summed E-state index contributed by atoms with van der Waals surface area (Å²) < 4.78 is 0. The molecule has 10 rings (SSSR count). The molecule has 2 nitrogen and oxygen atoms in total. The van der Waals surface area contributed by atoms with Gasteiger partial charge in [-0.15, -0.1) is 0 Å². The average molecular weight is 573 g/mol. The van der Waals surface area contributed by atoms with Gasteiger partial charge in [0, 0.05) is 11.1 Å². The fraction of sp³-hybridized carbons (Fsp3) is 0.238. The minimum absolute atomic E-state index is 0.0919. The van der Waals surface area contributed by atoms with Crippen LogP contribution in [0.2, 0.25) is 0 Å². The molecular formula is C42H36O2. The van der Waals surface area contributed by atoms with Gasteiger partial charge in [-0.1, -0.05) is 97.1 Å². The highest BCUT2D eigenvalue weighted by atomic mass is 16.3. The number of hydrogen-bond donors (Lipinski definition) is 2. The van der Waals surface area contributed by atoms with Gasteiger partial charge in [0.2, 0.25) is 0 Å². The molecule has 4 saturated carbocycles. The number of hydrogen-bond acceptors (Lipinski definition) is 2. The molecule has 216 valence electrons. The lowest BCUT2D eigenvalue weighted by Crippen LogP contribution is -2.55. The maximum absolute atomic E-state index is 11.2. The van der Waals surface area contributed by atoms with Crippen molar-refractivity contribution >= 4 is 21.5 Å². The maximum atomic E-state index is 11.2. The van der Waals surface area contributed by atoms with Crippen LogP contribution >= 0.6 is 0 Å². The van der Waals surface area contributed by atoms with Gasteiger partial charge >= 0.3 is 0 Å². The van der Waals surface area contributed by atoms with Crippen molar-refractivity contribution in [1.29, 1.82) is 0 Å². The van der Waals surface area contributed by atoms with E-state index in [-0.39, 0.29) is 10.8 Å². The van der Waals surface area contributed by atoms with Crippen LogP contribution in [0.4, 0.5) is 0 Å². The molecule has 0 heterocycles. The van der Waals surface area contributed by atoms with Crippen LogP contribution in [-0.2, 0) is 10.8 Å². The van der Waals surface area contributed by atoms with E-state index in [0.717, 1.165) is 28.7 Å². The Hall–Kier alpha value is -4.56. The summed E-state index contributed by atoms with van der Waals surface area (Å²) in [7, 11) is 0. The van der Waals surface area contributed by atoms with Gasteiger partial charge in [0.15, 0.2) is 0 Å². The fourth-order valence-electron chi connectivity index (χ4n) is 10.0. The zero-order chi connectivity index (χ0) is 29.5. The molecule has 0 amide bonds. The van der Waals surface area contributed by atoms with Gasteiger partial charge in [0.25, 0.3) is 0 Å². The van der Waals surface area contributed by atoms with Crippen molar-refractivity contribution in [2.45, 2.75) is 49.4 Å². The third-order valence-corrected chi connectivity index (χ3v) is 11.4. The molecule has 4 aliphatic carbocycles. The molecule has 0 saturated heterocycles. The van der Waals surface area contributed by atoms with Crippen LogP contribution in [0.25, 0.3) is 43.8 Å². The minimum atomic E-state index is 0.0919. The number of fused-ring (bicyclic) bond motifs is 2. The summed E-state index contributed by atoms with van der Waals surface area (Å²) in [6.45, 7) is 0. The molecular weight excluding hydrogens is 536 g/mol. The molecule has 0 aromatic heterocycles. The third kappa shape index (κ3) is 3.86. The predicted molar refractivity (Wildman–Crippen MR) is 180 cm³/mol. The van der Waals surface area contributed by atoms with Gasteiger partial charge in [-0.05, 0) is 129 Å². The molecule has 0 atom stereocenters. The molecule has 2 N–H and O–H groups in total. The molecule has 0 spiro atoms. The molecule has 6 aromatic rings. The van der Waals surface area contributed by atoms with Crippen LogP contribution in [0.3, 0.4) is 0 Å². The summed E-state index contributed by atoms with van der Waals surface area (Å²) in [4.78, 5) is 0. The summed E-state index contributed by atoms with van der Waals surface area (Å²) >= 11 is 0. The van der Waals surface area contributed by atoms with Crippen molar-refractivity contribution in [3.8, 4) is 33.8 Å². The second-order valence-corrected chi connectivity index (χ2v) is 14.0. The lowest BCUT2D eigenvalue weighted by molar-refractivity contribution is -0.0281. The van der Waals surface area contributed by atoms with Crippen LogP contribution in [0.5, 0.6) is 11.5 Å². The monoisotopic (exact) mass is 572 g/mol. The molecule has 0 radical (unpaired) electrons. The SMILES string of the molecule is Oc1ccc(C23CC4CC(C2)CC(c2ccc(O)c(-c5cccc6ccccc56)c2)(C4)C3)cc1-c1cccc2ccccc12. The zero-order valence-corrected chi connectivity index (χ0v) is 24.8. The lowest BCUT2D eigenvalue weighted by Gasteiger charge is -2.63. The van der Waals surface area contributed by atoms with Crippen LogP contribution in [-0.4, -0.2) is 10.2 Å². The van der Waals surface area contributed by atoms with E-state index in [4.69, 9.17) is 0 Å². The van der Waals surface area contributed by atoms with Crippen LogP contribution < -0.4 is 0 Å². The Labute approximate surface area is 258 Å². The first kappa shape index (κ1) is 25.9. The molecule has 2 heteroatoms. The van der Waals surface area contributed by atoms with Crippen LogP contribution in [0.15, 0.2) is 121 Å². The van der Waals surface area contributed by atoms with E-state index in [9.17, 15) is 10.2 Å². The van der Waals surface area contributed by atoms with Crippen molar-refractivity contribution in [1.82, 2.24) is 0 Å². The van der Waals surface area contributed by atoms with E-state index in [1.165, 1.54) is 64.8 Å². The first-order valence-corrected chi connectivity index (χ1v) is 16.1. The smallest absolute Gasteiger partial charge is 0.123 e. The highest BCUT2D eigenvalue weighted by Crippen LogP contribution is 2.66. The van der Waals surface area contributed by atoms with Gasteiger partial charge < -0.3 is 10.2 Å². The number of aromatic hydroxyl groups is 2. The first-order valence-electron chi connectivity index (χ1n) is 16.1. The summed E-state index contributed by atoms with van der Waals surface area (Å²) in [6.07, 6.45) is 7.33. The lowest BCUT2D eigenvalue weighted by atomic mass is 9.41. The minimum Gasteiger partial charge on any atom is -0.507 e. The highest BCUT2D eigenvalue weighted by molar-refractivity contribution is 5.99. The molecule has 4 fully saturated rings. The summed E-state index contributed by atoms with van der Waals surface area (Å²) in [5.74, 6) is 2.09. The Morgan fingerprint density at radius 2 is 0.886 bits per heavy atom. The largest absolute Gasteiger partial charge is 0.507 e. The summed E-state index contributed by atoms with van der Waals surface area (Å²) in [5.41, 5.74) is 7.01. The molecule has 0 aliphatic heterocycles. The molecule has 4 aliphatic rings. The molecule has 6 aromatic carbocycles. The predicted octanol–water partition coefficient (Wildman–Crippen LogP) is 10.5. The van der Waals surface area contributed by atoms with E-state index in [1.54, 1.807) is 0 Å². The summed E-state index contributed by atoms with van der Waals surface area (Å²) in [6, 6.07) is 42.7. The molecule has 4 bridgehead atoms. The van der Waals surface area contributed by atoms with Gasteiger partial charge in [-0.25, -0.2) is 0 Å². The van der Waals surface area contributed by atoms with E-state index < -0.39 is 0 Å². The van der Waals surface area contributed by atoms with E-state index >= 15 is 0 Å². The van der Waals surface area contributed by atoms with E-state index in [2.05, 4.69) is 109 Å². The molecule has 44 heavy (non-hydrogen) atoms. The van der Waals surface area contributed by atoms with Gasteiger partial charge in [-0.3, -0.25) is 0 Å². The van der Waals surface area contributed by atoms with Crippen molar-refractivity contribution in [2.24, 2.45) is 11.8 Å². The summed E-state index contributed by atoms with van der Waals surface area (Å²) in [5, 5.41) is 27.1. The second-order valence-electron chi connectivity index (χ2n) is 14.0. The van der Waals surface area contributed by atoms with Gasteiger partial charge in [-0.2, -0.15) is 0 Å². The molecule has 0 unspecified atom stereocenters. The second kappa shape index (κ2) is 9.47. The van der Waals surface area contributed by atoms with Crippen molar-refractivity contribution in [3.05, 3.63) is 132 Å². The Morgan fingerprint density at radius 1 is 0.455 bits per heavy atom. The first-order chi connectivity index (χ1) is 21.5. The van der Waals surface area contributed by atoms with Gasteiger partial charge in [0.05, 0.1) is 0 Å². The fourth-order valence-corrected chi connectivity index (χ4v) is 10.0. The van der Waals surface area contributed by atoms with Crippen molar-refractivity contribution in [2.75, 3.05) is 0 Å². The third-order valence-electron chi connectivity index (χ3n) is 11.4. The van der Waals surface area contributed by atoms with E-state index in [1.807, 2.05) is 12.1 Å². The number of benzene rings is 6. The van der Waals surface area contributed by atoms with Gasteiger partial charge in [0.1, 0.15) is 11.5 Å². The maximum Gasteiger partial charge on any atom is 0.123 e. The van der Waals surface area contributed by atoms with Crippen LogP contribution in [0, 0.1) is 11.8 Å². The van der Waals surface area contributed by atoms with E-state index in [0.29, 0.717) is 23.3 Å². The normalized spacial score (nSPS) is 25.5. The Kier molecular flexibility index (Phi) is 5.57. The topological polar surface area (TPSA) is 40.5 Å². The number of phenolic OH excluding ortho intramolecular Hbond substituents is 2. The average Bonchev–Trinajstić information content (AvgIpc) is 3.04. The standard InChI is InChI=1S/C42H36O2/c43-39-17-15-31(20-37(39)35-13-5-9-29-7-1-3-11-33(29)35)41-22-27-19-28(23-41)25-42(24-27,26-41)32-16-18-40(44)38(21-32)36-14-6-10-30-8-2-4-12-34(30)36/h1-18,20-21,27-28,43-44H,19,22-26H2. The number of phenols is 2. The Morgan fingerprint density at radius 3 is 1.36 bits per heavy atom. The van der Waals surface area contributed by atoms with Crippen molar-refractivity contribution < 1.29 is 10.2 Å². The Balaban J connectivity index is 1.16. The Bertz CT molecular complexity index is 1920. The number of rotatable bonds is 4. The highest BCUT2D eigenvalue weighted by Gasteiger charge is 2.58. The zero-order valence-electron chi connectivity index (χ0n) is 24.8. The quantitative estimate of drug-likeness (QED) is 0.221.